The van der Waals surface area contributed by atoms with Gasteiger partial charge in [-0.15, -0.1) is 0 Å². The monoisotopic (exact) mass is 272 g/mol. The first-order chi connectivity index (χ1) is 8.16. The average Bonchev–Trinajstić information content (AvgIpc) is 2.27. The van der Waals surface area contributed by atoms with Gasteiger partial charge in [-0.2, -0.15) is 0 Å². The molecule has 0 spiro atoms. The molecule has 1 atom stereocenters. The molecule has 18 heavy (non-hydrogen) atoms. The van der Waals surface area contributed by atoms with Gasteiger partial charge in [0.2, 0.25) is 0 Å². The lowest BCUT2D eigenvalue weighted by atomic mass is 10.0. The van der Waals surface area contributed by atoms with Crippen molar-refractivity contribution in [2.75, 3.05) is 0 Å². The van der Waals surface area contributed by atoms with Gasteiger partial charge in [0.15, 0.2) is 11.9 Å². The Morgan fingerprint density at radius 3 is 2.22 bits per heavy atom. The molecule has 0 aliphatic rings. The lowest BCUT2D eigenvalue weighted by molar-refractivity contribution is -0.127. The van der Waals surface area contributed by atoms with Gasteiger partial charge in [-0.25, -0.2) is 0 Å². The Kier molecular flexibility index (Phi) is 4.32. The summed E-state index contributed by atoms with van der Waals surface area (Å²) in [4.78, 5) is 30.3. The van der Waals surface area contributed by atoms with Crippen LogP contribution in [0.2, 0.25) is 0 Å². The second kappa shape index (κ2) is 5.22. The molecule has 1 aromatic rings. The van der Waals surface area contributed by atoms with Crippen molar-refractivity contribution >= 4 is 13.4 Å². The highest BCUT2D eigenvalue weighted by molar-refractivity contribution is 7.54. The van der Waals surface area contributed by atoms with Crippen molar-refractivity contribution in [2.45, 2.75) is 32.0 Å². The van der Waals surface area contributed by atoms with E-state index in [2.05, 4.69) is 0 Å². The zero-order valence-corrected chi connectivity index (χ0v) is 11.4. The molecule has 0 aliphatic carbocycles. The van der Waals surface area contributed by atoms with Crippen LogP contribution in [0.3, 0.4) is 0 Å². The number of Topliss-reactive ketones (excluding diaryl/α,β-unsaturated/α-hetero) is 1. The SMILES string of the molecule is C[C@H](Oc1ccccc1)C(=O)C(C)(C)P(=O)(O)O. The molecule has 0 heterocycles. The van der Waals surface area contributed by atoms with Crippen LogP contribution >= 0.6 is 7.60 Å². The smallest absolute Gasteiger partial charge is 0.338 e. The van der Waals surface area contributed by atoms with Crippen LogP contribution in [0.1, 0.15) is 20.8 Å². The van der Waals surface area contributed by atoms with Gasteiger partial charge in [-0.1, -0.05) is 18.2 Å². The van der Waals surface area contributed by atoms with Crippen LogP contribution in [-0.4, -0.2) is 26.8 Å². The second-order valence-corrected chi connectivity index (χ2v) is 6.75. The molecule has 1 rings (SSSR count). The molecule has 0 saturated heterocycles. The highest BCUT2D eigenvalue weighted by atomic mass is 31.2. The van der Waals surface area contributed by atoms with Gasteiger partial charge in [-0.05, 0) is 32.9 Å². The molecular weight excluding hydrogens is 255 g/mol. The predicted octanol–water partition coefficient (Wildman–Crippen LogP) is 1.98. The van der Waals surface area contributed by atoms with Crippen molar-refractivity contribution in [3.05, 3.63) is 30.3 Å². The third-order valence-electron chi connectivity index (χ3n) is 2.76. The maximum absolute atomic E-state index is 12.0. The number of hydrogen-bond donors (Lipinski definition) is 2. The molecule has 0 saturated carbocycles. The molecule has 6 heteroatoms. The molecule has 0 fully saturated rings. The summed E-state index contributed by atoms with van der Waals surface area (Å²) in [7, 11) is -4.51. The van der Waals surface area contributed by atoms with Crippen molar-refractivity contribution in [1.29, 1.82) is 0 Å². The largest absolute Gasteiger partial charge is 0.483 e. The fraction of sp³-hybridized carbons (Fsp3) is 0.417. The predicted molar refractivity (Wildman–Crippen MR) is 67.7 cm³/mol. The Labute approximate surface area is 106 Å². The Hall–Kier alpha value is -1.16. The first-order valence-corrected chi connectivity index (χ1v) is 7.09. The Balaban J connectivity index is 2.83. The number of para-hydroxylation sites is 1. The van der Waals surface area contributed by atoms with Gasteiger partial charge < -0.3 is 14.5 Å². The number of carbonyl (C=O) groups is 1. The van der Waals surface area contributed by atoms with Crippen molar-refractivity contribution < 1.29 is 23.9 Å². The number of hydrogen-bond acceptors (Lipinski definition) is 3. The Morgan fingerprint density at radius 1 is 1.28 bits per heavy atom. The van der Waals surface area contributed by atoms with Crippen LogP contribution in [0.5, 0.6) is 5.75 Å². The van der Waals surface area contributed by atoms with E-state index < -0.39 is 24.6 Å². The zero-order valence-electron chi connectivity index (χ0n) is 10.5. The quantitative estimate of drug-likeness (QED) is 0.801. The van der Waals surface area contributed by atoms with E-state index in [0.29, 0.717) is 5.75 Å². The molecule has 2 N–H and O–H groups in total. The van der Waals surface area contributed by atoms with E-state index in [1.807, 2.05) is 0 Å². The topological polar surface area (TPSA) is 83.8 Å². The van der Waals surface area contributed by atoms with Gasteiger partial charge in [0, 0.05) is 0 Å². The molecule has 0 radical (unpaired) electrons. The standard InChI is InChI=1S/C12H17O5P/c1-9(17-10-7-5-4-6-8-10)11(13)12(2,3)18(14,15)16/h4-9H,1-3H3,(H2,14,15,16)/t9-/m0/s1. The maximum atomic E-state index is 12.0. The summed E-state index contributed by atoms with van der Waals surface area (Å²) in [6.07, 6.45) is -0.921. The van der Waals surface area contributed by atoms with Crippen molar-refractivity contribution in [2.24, 2.45) is 0 Å². The fourth-order valence-corrected chi connectivity index (χ4v) is 1.87. The van der Waals surface area contributed by atoms with E-state index in [1.165, 1.54) is 20.8 Å². The summed E-state index contributed by atoms with van der Waals surface area (Å²) in [5, 5.41) is -1.75. The number of ether oxygens (including phenoxy) is 1. The van der Waals surface area contributed by atoms with Crippen LogP contribution in [0.25, 0.3) is 0 Å². The summed E-state index contributed by atoms with van der Waals surface area (Å²) in [6, 6.07) is 8.66. The minimum Gasteiger partial charge on any atom is -0.483 e. The molecule has 0 aromatic heterocycles. The maximum Gasteiger partial charge on any atom is 0.338 e. The fourth-order valence-electron chi connectivity index (χ4n) is 1.40. The molecule has 0 aliphatic heterocycles. The summed E-state index contributed by atoms with van der Waals surface area (Å²) in [6.45, 7) is 3.93. The van der Waals surface area contributed by atoms with Crippen LogP contribution in [0.15, 0.2) is 30.3 Å². The number of benzene rings is 1. The normalized spacial score (nSPS) is 14.1. The molecule has 0 bridgehead atoms. The van der Waals surface area contributed by atoms with Gasteiger partial charge >= 0.3 is 7.60 Å². The molecule has 0 amide bonds. The Bertz CT molecular complexity index is 463. The highest BCUT2D eigenvalue weighted by Crippen LogP contribution is 2.51. The first-order valence-electron chi connectivity index (χ1n) is 5.48. The molecule has 100 valence electrons. The van der Waals surface area contributed by atoms with E-state index >= 15 is 0 Å². The molecule has 1 aromatic carbocycles. The lowest BCUT2D eigenvalue weighted by Crippen LogP contribution is -2.41. The minimum absolute atomic E-state index is 0.486. The van der Waals surface area contributed by atoms with Crippen molar-refractivity contribution in [3.63, 3.8) is 0 Å². The second-order valence-electron chi connectivity index (χ2n) is 4.54. The van der Waals surface area contributed by atoms with Crippen LogP contribution in [0, 0.1) is 0 Å². The zero-order chi connectivity index (χ0) is 14.0. The Morgan fingerprint density at radius 2 is 1.78 bits per heavy atom. The first kappa shape index (κ1) is 14.9. The van der Waals surface area contributed by atoms with Crippen molar-refractivity contribution in [1.82, 2.24) is 0 Å². The van der Waals surface area contributed by atoms with Crippen LogP contribution in [0.4, 0.5) is 0 Å². The minimum atomic E-state index is -4.51. The lowest BCUT2D eigenvalue weighted by Gasteiger charge is -2.27. The summed E-state index contributed by atoms with van der Waals surface area (Å²) < 4.78 is 16.6. The van der Waals surface area contributed by atoms with Gasteiger partial charge in [-0.3, -0.25) is 9.36 Å². The molecule has 0 unspecified atom stereocenters. The average molecular weight is 272 g/mol. The summed E-state index contributed by atoms with van der Waals surface area (Å²) >= 11 is 0. The molecular formula is C12H17O5P. The number of rotatable bonds is 5. The van der Waals surface area contributed by atoms with E-state index in [9.17, 15) is 9.36 Å². The van der Waals surface area contributed by atoms with Crippen molar-refractivity contribution in [3.8, 4) is 5.75 Å². The number of ketones is 1. The van der Waals surface area contributed by atoms with Gasteiger partial charge in [0.25, 0.3) is 0 Å². The van der Waals surface area contributed by atoms with E-state index in [0.717, 1.165) is 0 Å². The summed E-state index contributed by atoms with van der Waals surface area (Å²) in [5.41, 5.74) is 0. The van der Waals surface area contributed by atoms with E-state index in [1.54, 1.807) is 30.3 Å². The van der Waals surface area contributed by atoms with Gasteiger partial charge in [0.05, 0.1) is 0 Å². The van der Waals surface area contributed by atoms with E-state index in [4.69, 9.17) is 14.5 Å². The van der Waals surface area contributed by atoms with Crippen LogP contribution < -0.4 is 4.74 Å². The van der Waals surface area contributed by atoms with Gasteiger partial charge in [0.1, 0.15) is 10.9 Å². The third-order valence-corrected chi connectivity index (χ3v) is 4.43. The number of carbonyl (C=O) groups excluding carboxylic acids is 1. The molecule has 5 nitrogen and oxygen atoms in total. The third kappa shape index (κ3) is 3.19. The van der Waals surface area contributed by atoms with E-state index in [-0.39, 0.29) is 0 Å². The highest BCUT2D eigenvalue weighted by Gasteiger charge is 2.47. The van der Waals surface area contributed by atoms with Crippen LogP contribution in [-0.2, 0) is 9.36 Å². The summed E-state index contributed by atoms with van der Waals surface area (Å²) in [5.74, 6) is -0.139.